The number of likely N-dealkylation sites (tertiary alicyclic amines) is 2. The van der Waals surface area contributed by atoms with Crippen molar-refractivity contribution in [2.24, 2.45) is 0 Å². The van der Waals surface area contributed by atoms with E-state index >= 15 is 0 Å². The summed E-state index contributed by atoms with van der Waals surface area (Å²) in [4.78, 5) is 20.2. The fourth-order valence-corrected chi connectivity index (χ4v) is 3.90. The van der Waals surface area contributed by atoms with E-state index in [0.717, 1.165) is 62.1 Å². The zero-order valence-corrected chi connectivity index (χ0v) is 15.1. The highest BCUT2D eigenvalue weighted by Crippen LogP contribution is 2.25. The molecule has 5 nitrogen and oxygen atoms in total. The molecular formula is C20H27N3O2. The summed E-state index contributed by atoms with van der Waals surface area (Å²) in [6.45, 7) is 8.28. The first kappa shape index (κ1) is 16.5. The van der Waals surface area contributed by atoms with Gasteiger partial charge >= 0.3 is 0 Å². The molecule has 2 fully saturated rings. The number of nitrogens with one attached hydrogen (secondary N) is 1. The molecule has 2 aliphatic heterocycles. The molecule has 2 aliphatic rings. The Morgan fingerprint density at radius 3 is 2.72 bits per heavy atom. The van der Waals surface area contributed by atoms with Crippen LogP contribution < -0.4 is 4.74 Å². The third-order valence-electron chi connectivity index (χ3n) is 5.43. The van der Waals surface area contributed by atoms with Gasteiger partial charge in [0, 0.05) is 49.2 Å². The molecule has 134 valence electrons. The first-order chi connectivity index (χ1) is 12.1. The smallest absolute Gasteiger partial charge is 0.270 e. The van der Waals surface area contributed by atoms with Crippen LogP contribution in [-0.2, 0) is 0 Å². The topological polar surface area (TPSA) is 48.6 Å². The Labute approximate surface area is 148 Å². The number of hydrogen-bond acceptors (Lipinski definition) is 3. The number of aromatic amines is 1. The molecule has 0 bridgehead atoms. The lowest BCUT2D eigenvalue weighted by atomic mass is 10.2. The standard InChI is InChI=1S/C20H27N3O2/c1-14(2)23-10-7-17(13-23)25-16-6-5-15-11-19(21-18(15)12-16)20(24)22-8-3-4-9-22/h5-6,11-12,14,17,21H,3-4,7-10,13H2,1-2H3. The Balaban J connectivity index is 1.48. The van der Waals surface area contributed by atoms with Crippen molar-refractivity contribution >= 4 is 16.8 Å². The van der Waals surface area contributed by atoms with Crippen LogP contribution in [0.1, 0.15) is 43.6 Å². The molecule has 3 heterocycles. The van der Waals surface area contributed by atoms with Crippen molar-refractivity contribution in [2.45, 2.75) is 45.3 Å². The average Bonchev–Trinajstić information content (AvgIpc) is 3.34. The first-order valence-corrected chi connectivity index (χ1v) is 9.43. The van der Waals surface area contributed by atoms with Crippen LogP contribution in [0.3, 0.4) is 0 Å². The van der Waals surface area contributed by atoms with Gasteiger partial charge in [-0.3, -0.25) is 9.69 Å². The molecule has 0 saturated carbocycles. The number of aromatic nitrogens is 1. The summed E-state index contributed by atoms with van der Waals surface area (Å²) in [7, 11) is 0. The predicted octanol–water partition coefficient (Wildman–Crippen LogP) is 3.27. The minimum Gasteiger partial charge on any atom is -0.489 e. The van der Waals surface area contributed by atoms with Gasteiger partial charge in [0.15, 0.2) is 0 Å². The summed E-state index contributed by atoms with van der Waals surface area (Å²) in [5.41, 5.74) is 1.65. The molecule has 2 saturated heterocycles. The molecule has 4 rings (SSSR count). The number of H-pyrrole nitrogens is 1. The third-order valence-corrected chi connectivity index (χ3v) is 5.43. The summed E-state index contributed by atoms with van der Waals surface area (Å²) in [5.74, 6) is 0.990. The lowest BCUT2D eigenvalue weighted by Crippen LogP contribution is -2.30. The zero-order chi connectivity index (χ0) is 17.4. The second kappa shape index (κ2) is 6.71. The number of carbonyl (C=O) groups is 1. The molecule has 1 atom stereocenters. The predicted molar refractivity (Wildman–Crippen MR) is 99.2 cm³/mol. The molecule has 1 aromatic heterocycles. The highest BCUT2D eigenvalue weighted by Gasteiger charge is 2.26. The van der Waals surface area contributed by atoms with Crippen LogP contribution >= 0.6 is 0 Å². The number of hydrogen-bond donors (Lipinski definition) is 1. The van der Waals surface area contributed by atoms with E-state index in [0.29, 0.717) is 11.7 Å². The number of rotatable bonds is 4. The molecule has 1 aromatic carbocycles. The maximum atomic E-state index is 12.5. The van der Waals surface area contributed by atoms with E-state index < -0.39 is 0 Å². The minimum atomic E-state index is 0.111. The first-order valence-electron chi connectivity index (χ1n) is 9.43. The largest absolute Gasteiger partial charge is 0.489 e. The molecule has 2 aromatic rings. The Kier molecular flexibility index (Phi) is 4.42. The van der Waals surface area contributed by atoms with E-state index in [2.05, 4.69) is 23.7 Å². The van der Waals surface area contributed by atoms with Crippen LogP contribution in [0.25, 0.3) is 10.9 Å². The molecule has 0 radical (unpaired) electrons. The molecule has 1 unspecified atom stereocenters. The molecule has 0 aliphatic carbocycles. The van der Waals surface area contributed by atoms with Crippen molar-refractivity contribution in [3.63, 3.8) is 0 Å². The lowest BCUT2D eigenvalue weighted by Gasteiger charge is -2.20. The average molecular weight is 341 g/mol. The van der Waals surface area contributed by atoms with Gasteiger partial charge in [-0.1, -0.05) is 0 Å². The number of amides is 1. The van der Waals surface area contributed by atoms with Crippen molar-refractivity contribution in [1.82, 2.24) is 14.8 Å². The quantitative estimate of drug-likeness (QED) is 0.928. The summed E-state index contributed by atoms with van der Waals surface area (Å²) >= 11 is 0. The second-order valence-corrected chi connectivity index (χ2v) is 7.55. The van der Waals surface area contributed by atoms with Gasteiger partial charge in [-0.15, -0.1) is 0 Å². The highest BCUT2D eigenvalue weighted by molar-refractivity contribution is 5.98. The van der Waals surface area contributed by atoms with E-state index in [-0.39, 0.29) is 12.0 Å². The third kappa shape index (κ3) is 3.38. The van der Waals surface area contributed by atoms with Gasteiger partial charge in [0.1, 0.15) is 17.5 Å². The number of fused-ring (bicyclic) bond motifs is 1. The van der Waals surface area contributed by atoms with Gasteiger partial charge in [0.05, 0.1) is 0 Å². The van der Waals surface area contributed by atoms with E-state index in [1.54, 1.807) is 0 Å². The Morgan fingerprint density at radius 1 is 1.20 bits per heavy atom. The minimum absolute atomic E-state index is 0.111. The maximum Gasteiger partial charge on any atom is 0.270 e. The SMILES string of the molecule is CC(C)N1CCC(Oc2ccc3cc(C(=O)N4CCCC4)[nH]c3c2)C1. The van der Waals surface area contributed by atoms with Crippen LogP contribution in [0, 0.1) is 0 Å². The van der Waals surface area contributed by atoms with Crippen molar-refractivity contribution in [3.8, 4) is 5.75 Å². The summed E-state index contributed by atoms with van der Waals surface area (Å²) in [6.07, 6.45) is 3.54. The van der Waals surface area contributed by atoms with Crippen molar-refractivity contribution in [2.75, 3.05) is 26.2 Å². The lowest BCUT2D eigenvalue weighted by molar-refractivity contribution is 0.0788. The number of carbonyl (C=O) groups excluding carboxylic acids is 1. The van der Waals surface area contributed by atoms with E-state index in [1.807, 2.05) is 29.2 Å². The number of nitrogens with zero attached hydrogens (tertiary/aromatic N) is 2. The Bertz CT molecular complexity index is 761. The van der Waals surface area contributed by atoms with Gasteiger partial charge < -0.3 is 14.6 Å². The summed E-state index contributed by atoms with van der Waals surface area (Å²) in [5, 5.41) is 1.06. The van der Waals surface area contributed by atoms with E-state index in [1.165, 1.54) is 0 Å². The van der Waals surface area contributed by atoms with Gasteiger partial charge in [0.25, 0.3) is 5.91 Å². The molecule has 5 heteroatoms. The van der Waals surface area contributed by atoms with Crippen LogP contribution in [0.15, 0.2) is 24.3 Å². The fraction of sp³-hybridized carbons (Fsp3) is 0.550. The van der Waals surface area contributed by atoms with Crippen molar-refractivity contribution in [1.29, 1.82) is 0 Å². The van der Waals surface area contributed by atoms with E-state index in [9.17, 15) is 4.79 Å². The molecular weight excluding hydrogens is 314 g/mol. The van der Waals surface area contributed by atoms with Crippen molar-refractivity contribution in [3.05, 3.63) is 30.0 Å². The van der Waals surface area contributed by atoms with Gasteiger partial charge in [-0.05, 0) is 51.3 Å². The van der Waals surface area contributed by atoms with Crippen LogP contribution in [0.2, 0.25) is 0 Å². The molecule has 1 N–H and O–H groups in total. The van der Waals surface area contributed by atoms with Gasteiger partial charge in [-0.2, -0.15) is 0 Å². The number of benzene rings is 1. The normalized spacial score (nSPS) is 21.6. The monoisotopic (exact) mass is 341 g/mol. The Morgan fingerprint density at radius 2 is 2.00 bits per heavy atom. The van der Waals surface area contributed by atoms with Crippen molar-refractivity contribution < 1.29 is 9.53 Å². The fourth-order valence-electron chi connectivity index (χ4n) is 3.90. The summed E-state index contributed by atoms with van der Waals surface area (Å²) in [6, 6.07) is 8.60. The van der Waals surface area contributed by atoms with Gasteiger partial charge in [-0.25, -0.2) is 0 Å². The van der Waals surface area contributed by atoms with Gasteiger partial charge in [0.2, 0.25) is 0 Å². The summed E-state index contributed by atoms with van der Waals surface area (Å²) < 4.78 is 6.18. The maximum absolute atomic E-state index is 12.5. The zero-order valence-electron chi connectivity index (χ0n) is 15.1. The van der Waals surface area contributed by atoms with E-state index in [4.69, 9.17) is 4.74 Å². The van der Waals surface area contributed by atoms with Crippen LogP contribution in [0.5, 0.6) is 5.75 Å². The van der Waals surface area contributed by atoms with Crippen LogP contribution in [0.4, 0.5) is 0 Å². The number of ether oxygens (including phenoxy) is 1. The highest BCUT2D eigenvalue weighted by atomic mass is 16.5. The molecule has 25 heavy (non-hydrogen) atoms. The van der Waals surface area contributed by atoms with Crippen LogP contribution in [-0.4, -0.2) is 59.0 Å². The molecule has 1 amide bonds. The molecule has 0 spiro atoms. The second-order valence-electron chi connectivity index (χ2n) is 7.55. The Hall–Kier alpha value is -2.01.